The fourth-order valence-electron chi connectivity index (χ4n) is 2.38. The molecule has 104 valence electrons. The second-order valence-corrected chi connectivity index (χ2v) is 5.23. The van der Waals surface area contributed by atoms with E-state index in [0.29, 0.717) is 12.2 Å². The summed E-state index contributed by atoms with van der Waals surface area (Å²) in [4.78, 5) is 0. The maximum absolute atomic E-state index is 13.7. The molecule has 4 heteroatoms. The molecule has 0 saturated carbocycles. The summed E-state index contributed by atoms with van der Waals surface area (Å²) in [5.41, 5.74) is 2.93. The second-order valence-electron chi connectivity index (χ2n) is 4.82. The van der Waals surface area contributed by atoms with Crippen molar-refractivity contribution in [1.82, 2.24) is 0 Å². The minimum absolute atomic E-state index is 0.143. The number of benzene rings is 2. The van der Waals surface area contributed by atoms with E-state index in [0.717, 1.165) is 25.2 Å². The van der Waals surface area contributed by atoms with E-state index in [1.165, 1.54) is 11.1 Å². The molecule has 0 saturated heterocycles. The quantitative estimate of drug-likeness (QED) is 0.917. The molecule has 0 aromatic heterocycles. The third-order valence-corrected chi connectivity index (χ3v) is 3.73. The molecule has 0 unspecified atom stereocenters. The van der Waals surface area contributed by atoms with Gasteiger partial charge < -0.3 is 10.1 Å². The lowest BCUT2D eigenvalue weighted by Crippen LogP contribution is -2.06. The summed E-state index contributed by atoms with van der Waals surface area (Å²) in [5, 5.41) is 3.22. The number of rotatable bonds is 4. The van der Waals surface area contributed by atoms with E-state index in [1.807, 2.05) is 6.07 Å². The van der Waals surface area contributed by atoms with Gasteiger partial charge in [-0.05, 0) is 35.7 Å². The van der Waals surface area contributed by atoms with Gasteiger partial charge >= 0.3 is 0 Å². The first kappa shape index (κ1) is 13.3. The summed E-state index contributed by atoms with van der Waals surface area (Å²) in [6.07, 6.45) is 1.80. The van der Waals surface area contributed by atoms with E-state index in [1.54, 1.807) is 18.2 Å². The van der Waals surface area contributed by atoms with Crippen molar-refractivity contribution in [3.8, 4) is 5.75 Å². The van der Waals surface area contributed by atoms with Gasteiger partial charge in [0, 0.05) is 13.0 Å². The zero-order valence-electron chi connectivity index (χ0n) is 11.0. The summed E-state index contributed by atoms with van der Waals surface area (Å²) in [5.74, 6) is 0.596. The standard InChI is InChI=1S/C16H15ClFNO/c17-13-2-1-3-14(16(13)18)19-8-6-11-4-5-15-12(10-11)7-9-20-15/h1-5,10,19H,6-9H2. The normalized spacial score (nSPS) is 12.9. The zero-order chi connectivity index (χ0) is 13.9. The molecule has 1 aliphatic rings. The fraction of sp³-hybridized carbons (Fsp3) is 0.250. The molecule has 20 heavy (non-hydrogen) atoms. The highest BCUT2D eigenvalue weighted by molar-refractivity contribution is 6.31. The van der Waals surface area contributed by atoms with Crippen LogP contribution in [-0.4, -0.2) is 13.2 Å². The van der Waals surface area contributed by atoms with Gasteiger partial charge in [-0.3, -0.25) is 0 Å². The molecule has 0 amide bonds. The van der Waals surface area contributed by atoms with Gasteiger partial charge in [0.05, 0.1) is 17.3 Å². The number of hydrogen-bond donors (Lipinski definition) is 1. The first-order chi connectivity index (χ1) is 9.74. The number of hydrogen-bond acceptors (Lipinski definition) is 2. The average Bonchev–Trinajstić information content (AvgIpc) is 2.91. The predicted octanol–water partition coefficient (Wildman–Crippen LogP) is 4.07. The Kier molecular flexibility index (Phi) is 3.79. The monoisotopic (exact) mass is 291 g/mol. The van der Waals surface area contributed by atoms with Crippen molar-refractivity contribution in [3.63, 3.8) is 0 Å². The smallest absolute Gasteiger partial charge is 0.164 e. The molecule has 1 aliphatic heterocycles. The molecule has 0 atom stereocenters. The number of ether oxygens (including phenoxy) is 1. The molecular weight excluding hydrogens is 277 g/mol. The van der Waals surface area contributed by atoms with Crippen molar-refractivity contribution in [3.05, 3.63) is 58.4 Å². The first-order valence-corrected chi connectivity index (χ1v) is 7.04. The zero-order valence-corrected chi connectivity index (χ0v) is 11.7. The summed E-state index contributed by atoms with van der Waals surface area (Å²) in [6, 6.07) is 11.2. The average molecular weight is 292 g/mol. The van der Waals surface area contributed by atoms with Gasteiger partial charge in [0.25, 0.3) is 0 Å². The molecule has 2 aromatic carbocycles. The molecule has 0 radical (unpaired) electrons. The highest BCUT2D eigenvalue weighted by atomic mass is 35.5. The van der Waals surface area contributed by atoms with E-state index in [2.05, 4.69) is 17.4 Å². The van der Waals surface area contributed by atoms with Crippen molar-refractivity contribution in [2.45, 2.75) is 12.8 Å². The van der Waals surface area contributed by atoms with Gasteiger partial charge in [0.15, 0.2) is 5.82 Å². The Morgan fingerprint density at radius 1 is 1.25 bits per heavy atom. The highest BCUT2D eigenvalue weighted by Gasteiger charge is 2.12. The van der Waals surface area contributed by atoms with Gasteiger partial charge in [0.1, 0.15) is 5.75 Å². The van der Waals surface area contributed by atoms with Crippen molar-refractivity contribution < 1.29 is 9.13 Å². The van der Waals surface area contributed by atoms with Crippen LogP contribution in [0.3, 0.4) is 0 Å². The van der Waals surface area contributed by atoms with Crippen LogP contribution in [-0.2, 0) is 12.8 Å². The Morgan fingerprint density at radius 2 is 2.15 bits per heavy atom. The van der Waals surface area contributed by atoms with E-state index in [-0.39, 0.29) is 5.02 Å². The summed E-state index contributed by atoms with van der Waals surface area (Å²) >= 11 is 5.74. The minimum Gasteiger partial charge on any atom is -0.493 e. The van der Waals surface area contributed by atoms with Crippen LogP contribution in [0.15, 0.2) is 36.4 Å². The molecule has 2 aromatic rings. The van der Waals surface area contributed by atoms with Crippen molar-refractivity contribution in [2.75, 3.05) is 18.5 Å². The van der Waals surface area contributed by atoms with Crippen molar-refractivity contribution in [1.29, 1.82) is 0 Å². The molecule has 0 aliphatic carbocycles. The van der Waals surface area contributed by atoms with Gasteiger partial charge in [-0.15, -0.1) is 0 Å². The first-order valence-electron chi connectivity index (χ1n) is 6.66. The topological polar surface area (TPSA) is 21.3 Å². The van der Waals surface area contributed by atoms with Gasteiger partial charge in [-0.25, -0.2) is 4.39 Å². The number of fused-ring (bicyclic) bond motifs is 1. The maximum Gasteiger partial charge on any atom is 0.164 e. The summed E-state index contributed by atoms with van der Waals surface area (Å²) in [7, 11) is 0. The Morgan fingerprint density at radius 3 is 3.05 bits per heavy atom. The molecule has 0 fully saturated rings. The minimum atomic E-state index is -0.392. The van der Waals surface area contributed by atoms with Crippen LogP contribution < -0.4 is 10.1 Å². The van der Waals surface area contributed by atoms with Crippen LogP contribution >= 0.6 is 11.6 Å². The Balaban J connectivity index is 1.61. The van der Waals surface area contributed by atoms with Crippen LogP contribution in [0.2, 0.25) is 5.02 Å². The molecule has 0 spiro atoms. The largest absolute Gasteiger partial charge is 0.493 e. The number of halogens is 2. The van der Waals surface area contributed by atoms with E-state index in [9.17, 15) is 4.39 Å². The molecule has 1 N–H and O–H groups in total. The molecule has 2 nitrogen and oxygen atoms in total. The van der Waals surface area contributed by atoms with E-state index < -0.39 is 5.82 Å². The fourth-order valence-corrected chi connectivity index (χ4v) is 2.55. The molecule has 3 rings (SSSR count). The lowest BCUT2D eigenvalue weighted by Gasteiger charge is -2.09. The molecule has 0 bridgehead atoms. The van der Waals surface area contributed by atoms with Crippen molar-refractivity contribution >= 4 is 17.3 Å². The number of nitrogens with one attached hydrogen (secondary N) is 1. The van der Waals surface area contributed by atoms with Crippen LogP contribution in [0.4, 0.5) is 10.1 Å². The third kappa shape index (κ3) is 2.73. The third-order valence-electron chi connectivity index (χ3n) is 3.43. The van der Waals surface area contributed by atoms with E-state index in [4.69, 9.17) is 16.3 Å². The summed E-state index contributed by atoms with van der Waals surface area (Å²) in [6.45, 7) is 1.43. The van der Waals surface area contributed by atoms with Gasteiger partial charge in [-0.1, -0.05) is 29.8 Å². The maximum atomic E-state index is 13.7. The van der Waals surface area contributed by atoms with Crippen LogP contribution in [0.1, 0.15) is 11.1 Å². The molecular formula is C16H15ClFNO. The Bertz CT molecular complexity index is 630. The second kappa shape index (κ2) is 5.71. The lowest BCUT2D eigenvalue weighted by atomic mass is 10.1. The van der Waals surface area contributed by atoms with Crippen LogP contribution in [0.25, 0.3) is 0 Å². The SMILES string of the molecule is Fc1c(Cl)cccc1NCCc1ccc2c(c1)CCO2. The predicted molar refractivity (Wildman–Crippen MR) is 79.2 cm³/mol. The Labute approximate surface area is 122 Å². The summed E-state index contributed by atoms with van der Waals surface area (Å²) < 4.78 is 19.2. The van der Waals surface area contributed by atoms with Crippen molar-refractivity contribution in [2.24, 2.45) is 0 Å². The van der Waals surface area contributed by atoms with Gasteiger partial charge in [-0.2, -0.15) is 0 Å². The van der Waals surface area contributed by atoms with Crippen LogP contribution in [0, 0.1) is 5.82 Å². The Hall–Kier alpha value is -1.74. The highest BCUT2D eigenvalue weighted by Crippen LogP contribution is 2.26. The lowest BCUT2D eigenvalue weighted by molar-refractivity contribution is 0.357. The van der Waals surface area contributed by atoms with Crippen LogP contribution in [0.5, 0.6) is 5.75 Å². The van der Waals surface area contributed by atoms with Gasteiger partial charge in [0.2, 0.25) is 0 Å². The molecule has 1 heterocycles. The number of anilines is 1. The van der Waals surface area contributed by atoms with E-state index >= 15 is 0 Å².